The van der Waals surface area contributed by atoms with Crippen LogP contribution in [0.5, 0.6) is 5.75 Å². The number of nitrogens with zero attached hydrogens (tertiary/aromatic N) is 1. The Morgan fingerprint density at radius 3 is 2.64 bits per heavy atom. The van der Waals surface area contributed by atoms with Gasteiger partial charge in [-0.1, -0.05) is 35.9 Å². The molecule has 0 amide bonds. The highest BCUT2D eigenvalue weighted by atomic mass is 35.5. The standard InChI is InChI=1S/C23H22ClNO2.C2H2O4/c24-19-4-5-22-21(14-19)18(15-27-22)8-12-25-10-6-16(7-11-25)20-3-1-2-17-9-13-26-23(17)20;3-1(4)2(5)6/h1-6,14-15H,7-13H2;(H,3,4)(H,5,6). The van der Waals surface area contributed by atoms with E-state index in [0.29, 0.717) is 0 Å². The molecule has 0 unspecified atom stereocenters. The largest absolute Gasteiger partial charge is 0.492 e. The summed E-state index contributed by atoms with van der Waals surface area (Å²) in [5.74, 6) is -2.54. The molecule has 0 bridgehead atoms. The van der Waals surface area contributed by atoms with Gasteiger partial charge in [-0.25, -0.2) is 9.59 Å². The van der Waals surface area contributed by atoms with E-state index in [1.54, 1.807) is 0 Å². The number of aliphatic carboxylic acids is 2. The third-order valence-electron chi connectivity index (χ3n) is 5.85. The summed E-state index contributed by atoms with van der Waals surface area (Å²) < 4.78 is 11.5. The van der Waals surface area contributed by atoms with E-state index in [1.165, 1.54) is 22.3 Å². The number of para-hydroxylation sites is 1. The fourth-order valence-corrected chi connectivity index (χ4v) is 4.33. The second-order valence-corrected chi connectivity index (χ2v) is 8.37. The maximum atomic E-state index is 9.10. The Morgan fingerprint density at radius 2 is 1.91 bits per heavy atom. The minimum Gasteiger partial charge on any atom is -0.492 e. The molecule has 2 N–H and O–H groups in total. The van der Waals surface area contributed by atoms with E-state index in [9.17, 15) is 0 Å². The van der Waals surface area contributed by atoms with Gasteiger partial charge in [-0.15, -0.1) is 0 Å². The number of ether oxygens (including phenoxy) is 1. The van der Waals surface area contributed by atoms with E-state index < -0.39 is 11.9 Å². The molecule has 2 aliphatic rings. The summed E-state index contributed by atoms with van der Waals surface area (Å²) in [5.41, 5.74) is 6.21. The first-order valence-electron chi connectivity index (χ1n) is 10.7. The molecule has 1 aromatic heterocycles. The number of carbonyl (C=O) groups is 2. The van der Waals surface area contributed by atoms with E-state index in [1.807, 2.05) is 24.5 Å². The zero-order valence-electron chi connectivity index (χ0n) is 17.9. The normalized spacial score (nSPS) is 15.2. The van der Waals surface area contributed by atoms with Crippen LogP contribution < -0.4 is 4.74 Å². The minimum atomic E-state index is -1.82. The third-order valence-corrected chi connectivity index (χ3v) is 6.08. The van der Waals surface area contributed by atoms with Gasteiger partial charge in [0.15, 0.2) is 0 Å². The Morgan fingerprint density at radius 1 is 1.09 bits per heavy atom. The first-order chi connectivity index (χ1) is 15.9. The zero-order valence-corrected chi connectivity index (χ0v) is 18.7. The van der Waals surface area contributed by atoms with Crippen molar-refractivity contribution in [1.82, 2.24) is 4.90 Å². The van der Waals surface area contributed by atoms with E-state index in [2.05, 4.69) is 29.2 Å². The number of carboxylic acids is 2. The number of hydrogen-bond acceptors (Lipinski definition) is 5. The average molecular weight is 470 g/mol. The molecule has 0 aliphatic carbocycles. The second kappa shape index (κ2) is 10.1. The van der Waals surface area contributed by atoms with Crippen molar-refractivity contribution in [1.29, 1.82) is 0 Å². The van der Waals surface area contributed by atoms with Crippen molar-refractivity contribution in [2.75, 3.05) is 26.2 Å². The van der Waals surface area contributed by atoms with Gasteiger partial charge >= 0.3 is 11.9 Å². The third kappa shape index (κ3) is 5.38. The highest BCUT2D eigenvalue weighted by Crippen LogP contribution is 2.36. The Bertz CT molecular complexity index is 1200. The van der Waals surface area contributed by atoms with Crippen LogP contribution in [0.3, 0.4) is 0 Å². The molecular weight excluding hydrogens is 446 g/mol. The van der Waals surface area contributed by atoms with Crippen LogP contribution in [0.25, 0.3) is 16.5 Å². The van der Waals surface area contributed by atoms with E-state index in [4.69, 9.17) is 40.6 Å². The fraction of sp³-hybridized carbons (Fsp3) is 0.280. The van der Waals surface area contributed by atoms with Gasteiger partial charge in [0.05, 0.1) is 12.9 Å². The molecule has 0 saturated heterocycles. The lowest BCUT2D eigenvalue weighted by molar-refractivity contribution is -0.159. The Kier molecular flexibility index (Phi) is 7.01. The molecule has 3 heterocycles. The minimum absolute atomic E-state index is 0.758. The van der Waals surface area contributed by atoms with Gasteiger partial charge in [0.2, 0.25) is 0 Å². The molecule has 5 rings (SSSR count). The van der Waals surface area contributed by atoms with Gasteiger partial charge in [0, 0.05) is 42.0 Å². The smallest absolute Gasteiger partial charge is 0.414 e. The van der Waals surface area contributed by atoms with Gasteiger partial charge < -0.3 is 19.4 Å². The molecule has 7 nitrogen and oxygen atoms in total. The van der Waals surface area contributed by atoms with Crippen molar-refractivity contribution in [3.05, 3.63) is 70.5 Å². The number of halogens is 1. The molecule has 0 radical (unpaired) electrons. The van der Waals surface area contributed by atoms with Gasteiger partial charge in [0.25, 0.3) is 0 Å². The van der Waals surface area contributed by atoms with E-state index in [-0.39, 0.29) is 0 Å². The SMILES string of the molecule is Clc1ccc2occ(CCN3CC=C(c4cccc5c4OCC5)CC3)c2c1.O=C(O)C(=O)O. The van der Waals surface area contributed by atoms with Crippen molar-refractivity contribution < 1.29 is 29.0 Å². The highest BCUT2D eigenvalue weighted by molar-refractivity contribution is 6.31. The van der Waals surface area contributed by atoms with Crippen LogP contribution in [0.1, 0.15) is 23.1 Å². The predicted octanol–water partition coefficient (Wildman–Crippen LogP) is 4.51. The monoisotopic (exact) mass is 469 g/mol. The lowest BCUT2D eigenvalue weighted by atomic mass is 9.96. The van der Waals surface area contributed by atoms with Crippen molar-refractivity contribution in [2.24, 2.45) is 0 Å². The van der Waals surface area contributed by atoms with Gasteiger partial charge in [-0.05, 0) is 47.7 Å². The first kappa shape index (κ1) is 22.9. The molecule has 0 atom stereocenters. The number of fused-ring (bicyclic) bond motifs is 2. The van der Waals surface area contributed by atoms with Crippen LogP contribution in [0.4, 0.5) is 0 Å². The quantitative estimate of drug-likeness (QED) is 0.542. The Hall–Kier alpha value is -3.29. The maximum Gasteiger partial charge on any atom is 0.414 e. The van der Waals surface area contributed by atoms with Crippen LogP contribution in [0.2, 0.25) is 5.02 Å². The average Bonchev–Trinajstić information content (AvgIpc) is 3.45. The summed E-state index contributed by atoms with van der Waals surface area (Å²) in [4.78, 5) is 20.7. The van der Waals surface area contributed by atoms with Crippen LogP contribution >= 0.6 is 11.6 Å². The Labute approximate surface area is 195 Å². The number of rotatable bonds is 4. The molecule has 3 aromatic rings. The summed E-state index contributed by atoms with van der Waals surface area (Å²) in [5, 5.41) is 16.7. The van der Waals surface area contributed by atoms with Gasteiger partial charge in [-0.2, -0.15) is 0 Å². The maximum absolute atomic E-state index is 9.10. The molecule has 0 fully saturated rings. The predicted molar refractivity (Wildman–Crippen MR) is 125 cm³/mol. The van der Waals surface area contributed by atoms with Crippen molar-refractivity contribution in [3.8, 4) is 5.75 Å². The second-order valence-electron chi connectivity index (χ2n) is 7.93. The van der Waals surface area contributed by atoms with Gasteiger partial charge in [-0.3, -0.25) is 4.90 Å². The molecule has 33 heavy (non-hydrogen) atoms. The zero-order chi connectivity index (χ0) is 23.4. The van der Waals surface area contributed by atoms with Crippen molar-refractivity contribution >= 4 is 40.1 Å². The van der Waals surface area contributed by atoms with E-state index >= 15 is 0 Å². The molecular formula is C25H24ClNO6. The summed E-state index contributed by atoms with van der Waals surface area (Å²) in [6.45, 7) is 3.89. The number of carboxylic acid groups (broad SMARTS) is 2. The fourth-order valence-electron chi connectivity index (χ4n) is 4.15. The summed E-state index contributed by atoms with van der Waals surface area (Å²) in [6, 6.07) is 12.4. The van der Waals surface area contributed by atoms with Crippen LogP contribution in [0.15, 0.2) is 53.2 Å². The topological polar surface area (TPSA) is 100 Å². The number of furan rings is 1. The molecule has 2 aromatic carbocycles. The molecule has 8 heteroatoms. The molecule has 0 saturated carbocycles. The van der Waals surface area contributed by atoms with Crippen LogP contribution in [0, 0.1) is 0 Å². The van der Waals surface area contributed by atoms with Crippen LogP contribution in [-0.4, -0.2) is 53.3 Å². The van der Waals surface area contributed by atoms with Crippen LogP contribution in [-0.2, 0) is 22.4 Å². The number of hydrogen-bond donors (Lipinski definition) is 2. The summed E-state index contributed by atoms with van der Waals surface area (Å²) in [7, 11) is 0. The highest BCUT2D eigenvalue weighted by Gasteiger charge is 2.21. The van der Waals surface area contributed by atoms with Gasteiger partial charge in [0.1, 0.15) is 11.3 Å². The molecule has 172 valence electrons. The molecule has 0 spiro atoms. The lowest BCUT2D eigenvalue weighted by Crippen LogP contribution is -2.30. The number of benzene rings is 2. The Balaban J connectivity index is 0.000000385. The molecule has 2 aliphatic heterocycles. The van der Waals surface area contributed by atoms with E-state index in [0.717, 1.165) is 67.2 Å². The summed E-state index contributed by atoms with van der Waals surface area (Å²) >= 11 is 6.14. The summed E-state index contributed by atoms with van der Waals surface area (Å²) in [6.07, 6.45) is 7.31. The van der Waals surface area contributed by atoms with Crippen molar-refractivity contribution in [2.45, 2.75) is 19.3 Å². The first-order valence-corrected chi connectivity index (χ1v) is 11.1. The van der Waals surface area contributed by atoms with Crippen molar-refractivity contribution in [3.63, 3.8) is 0 Å². The lowest BCUT2D eigenvalue weighted by Gasteiger charge is -2.26.